The first-order chi connectivity index (χ1) is 14.6. The zero-order valence-electron chi connectivity index (χ0n) is 17.3. The molecule has 2 aliphatic rings. The van der Waals surface area contributed by atoms with E-state index in [0.29, 0.717) is 38.0 Å². The number of carbonyl (C=O) groups is 2. The molecular formula is C25H29FN2O2. The van der Waals surface area contributed by atoms with Gasteiger partial charge < -0.3 is 10.2 Å². The van der Waals surface area contributed by atoms with Gasteiger partial charge in [0.25, 0.3) is 5.91 Å². The van der Waals surface area contributed by atoms with Gasteiger partial charge in [-0.05, 0) is 55.5 Å². The van der Waals surface area contributed by atoms with E-state index >= 15 is 0 Å². The Kier molecular flexibility index (Phi) is 6.16. The third-order valence-corrected chi connectivity index (χ3v) is 6.79. The van der Waals surface area contributed by atoms with Gasteiger partial charge in [-0.3, -0.25) is 9.59 Å². The monoisotopic (exact) mass is 408 g/mol. The van der Waals surface area contributed by atoms with Crippen molar-refractivity contribution in [3.8, 4) is 0 Å². The predicted octanol–water partition coefficient (Wildman–Crippen LogP) is 4.31. The van der Waals surface area contributed by atoms with Crippen LogP contribution in [0, 0.1) is 11.7 Å². The topological polar surface area (TPSA) is 49.4 Å². The molecule has 5 heteroatoms. The summed E-state index contributed by atoms with van der Waals surface area (Å²) in [5.41, 5.74) is 1.86. The molecule has 158 valence electrons. The Labute approximate surface area is 177 Å². The van der Waals surface area contributed by atoms with Crippen LogP contribution in [-0.4, -0.2) is 36.3 Å². The van der Waals surface area contributed by atoms with E-state index in [4.69, 9.17) is 0 Å². The van der Waals surface area contributed by atoms with E-state index in [1.54, 1.807) is 4.90 Å². The molecule has 0 spiro atoms. The first-order valence-electron chi connectivity index (χ1n) is 11.0. The molecule has 2 fully saturated rings. The zero-order valence-corrected chi connectivity index (χ0v) is 17.3. The molecular weight excluding hydrogens is 379 g/mol. The minimum absolute atomic E-state index is 0.0518. The van der Waals surface area contributed by atoms with E-state index in [-0.39, 0.29) is 29.0 Å². The van der Waals surface area contributed by atoms with Gasteiger partial charge in [0.15, 0.2) is 0 Å². The molecule has 1 N–H and O–H groups in total. The van der Waals surface area contributed by atoms with Crippen molar-refractivity contribution in [1.82, 2.24) is 10.2 Å². The molecule has 4 rings (SSSR count). The van der Waals surface area contributed by atoms with Crippen LogP contribution in [-0.2, 0) is 10.2 Å². The van der Waals surface area contributed by atoms with Crippen molar-refractivity contribution in [1.29, 1.82) is 0 Å². The van der Waals surface area contributed by atoms with Crippen LogP contribution in [0.15, 0.2) is 54.6 Å². The Morgan fingerprint density at radius 2 is 1.60 bits per heavy atom. The van der Waals surface area contributed by atoms with Gasteiger partial charge in [0.05, 0.1) is 0 Å². The van der Waals surface area contributed by atoms with Crippen LogP contribution < -0.4 is 5.32 Å². The Bertz CT molecular complexity index is 868. The summed E-state index contributed by atoms with van der Waals surface area (Å²) in [6.07, 6.45) is 5.96. The maximum Gasteiger partial charge on any atom is 0.253 e. The molecule has 1 aliphatic carbocycles. The molecule has 2 aromatic carbocycles. The van der Waals surface area contributed by atoms with E-state index in [0.717, 1.165) is 12.8 Å². The van der Waals surface area contributed by atoms with Crippen LogP contribution in [0.2, 0.25) is 0 Å². The molecule has 1 aliphatic heterocycles. The fourth-order valence-corrected chi connectivity index (χ4v) is 4.93. The van der Waals surface area contributed by atoms with E-state index in [1.165, 1.54) is 42.7 Å². The van der Waals surface area contributed by atoms with Crippen molar-refractivity contribution in [3.05, 3.63) is 71.5 Å². The van der Waals surface area contributed by atoms with Gasteiger partial charge in [-0.15, -0.1) is 0 Å². The number of hydrogen-bond acceptors (Lipinski definition) is 2. The third-order valence-electron chi connectivity index (χ3n) is 6.79. The number of likely N-dealkylation sites (tertiary alicyclic amines) is 1. The van der Waals surface area contributed by atoms with E-state index in [9.17, 15) is 14.0 Å². The van der Waals surface area contributed by atoms with Crippen LogP contribution >= 0.6 is 0 Å². The quantitative estimate of drug-likeness (QED) is 0.802. The zero-order chi connectivity index (χ0) is 21.0. The number of halogens is 1. The van der Waals surface area contributed by atoms with Crippen LogP contribution in [0.4, 0.5) is 4.39 Å². The molecule has 0 aromatic heterocycles. The smallest absolute Gasteiger partial charge is 0.253 e. The predicted molar refractivity (Wildman–Crippen MR) is 115 cm³/mol. The molecule has 0 bridgehead atoms. The Balaban J connectivity index is 1.31. The summed E-state index contributed by atoms with van der Waals surface area (Å²) in [5.74, 6) is -0.400. The highest BCUT2D eigenvalue weighted by atomic mass is 19.1. The lowest BCUT2D eigenvalue weighted by atomic mass is 9.78. The molecule has 1 saturated heterocycles. The molecule has 0 atom stereocenters. The number of carbonyl (C=O) groups excluding carboxylic acids is 2. The average molecular weight is 409 g/mol. The lowest BCUT2D eigenvalue weighted by Gasteiger charge is -2.33. The number of rotatable bonds is 5. The van der Waals surface area contributed by atoms with Crippen molar-refractivity contribution >= 4 is 11.8 Å². The van der Waals surface area contributed by atoms with Crippen LogP contribution in [0.1, 0.15) is 54.4 Å². The summed E-state index contributed by atoms with van der Waals surface area (Å²) in [7, 11) is 0. The molecule has 0 radical (unpaired) electrons. The normalized spacial score (nSPS) is 18.9. The minimum Gasteiger partial charge on any atom is -0.355 e. The van der Waals surface area contributed by atoms with E-state index in [2.05, 4.69) is 29.6 Å². The van der Waals surface area contributed by atoms with Gasteiger partial charge in [0.2, 0.25) is 5.91 Å². The number of hydrogen-bond donors (Lipinski definition) is 1. The molecule has 4 nitrogen and oxygen atoms in total. The largest absolute Gasteiger partial charge is 0.355 e. The lowest BCUT2D eigenvalue weighted by molar-refractivity contribution is -0.126. The Morgan fingerprint density at radius 1 is 0.967 bits per heavy atom. The summed E-state index contributed by atoms with van der Waals surface area (Å²) in [6.45, 7) is 1.79. The van der Waals surface area contributed by atoms with Crippen LogP contribution in [0.3, 0.4) is 0 Å². The van der Waals surface area contributed by atoms with Gasteiger partial charge in [0, 0.05) is 36.5 Å². The fourth-order valence-electron chi connectivity index (χ4n) is 4.93. The van der Waals surface area contributed by atoms with Crippen LogP contribution in [0.5, 0.6) is 0 Å². The number of benzene rings is 2. The van der Waals surface area contributed by atoms with Gasteiger partial charge in [0.1, 0.15) is 5.82 Å². The highest BCUT2D eigenvalue weighted by Gasteiger charge is 2.36. The number of nitrogens with one attached hydrogen (secondary N) is 1. The fraction of sp³-hybridized carbons (Fsp3) is 0.440. The second kappa shape index (κ2) is 8.99. The summed E-state index contributed by atoms with van der Waals surface area (Å²) in [4.78, 5) is 27.2. The lowest BCUT2D eigenvalue weighted by Crippen LogP contribution is -2.46. The summed E-state index contributed by atoms with van der Waals surface area (Å²) < 4.78 is 13.1. The highest BCUT2D eigenvalue weighted by Crippen LogP contribution is 2.40. The van der Waals surface area contributed by atoms with Gasteiger partial charge >= 0.3 is 0 Å². The van der Waals surface area contributed by atoms with Crippen molar-refractivity contribution < 1.29 is 14.0 Å². The first-order valence-corrected chi connectivity index (χ1v) is 11.0. The summed E-state index contributed by atoms with van der Waals surface area (Å²) in [5, 5.41) is 3.23. The van der Waals surface area contributed by atoms with Crippen LogP contribution in [0.25, 0.3) is 0 Å². The third kappa shape index (κ3) is 4.40. The summed E-state index contributed by atoms with van der Waals surface area (Å²) >= 11 is 0. The molecule has 0 unspecified atom stereocenters. The number of piperidine rings is 1. The van der Waals surface area contributed by atoms with Gasteiger partial charge in [-0.1, -0.05) is 43.2 Å². The highest BCUT2D eigenvalue weighted by molar-refractivity contribution is 5.94. The molecule has 2 aromatic rings. The first kappa shape index (κ1) is 20.6. The van der Waals surface area contributed by atoms with Gasteiger partial charge in [-0.25, -0.2) is 4.39 Å². The average Bonchev–Trinajstić information content (AvgIpc) is 3.28. The van der Waals surface area contributed by atoms with Gasteiger partial charge in [-0.2, -0.15) is 0 Å². The second-order valence-corrected chi connectivity index (χ2v) is 8.64. The van der Waals surface area contributed by atoms with Crippen molar-refractivity contribution in [2.75, 3.05) is 19.6 Å². The molecule has 30 heavy (non-hydrogen) atoms. The SMILES string of the molecule is O=C(NCC1(c2ccccc2)CCCC1)C1CCN(C(=O)c2ccc(F)cc2)CC1. The minimum atomic E-state index is -0.350. The van der Waals surface area contributed by atoms with E-state index < -0.39 is 0 Å². The number of nitrogens with zero attached hydrogens (tertiary/aromatic N) is 1. The standard InChI is InChI=1S/C25H29FN2O2/c26-22-10-8-20(9-11-22)24(30)28-16-12-19(13-17-28)23(29)27-18-25(14-4-5-15-25)21-6-2-1-3-7-21/h1-3,6-11,19H,4-5,12-18H2,(H,27,29). The number of amides is 2. The Hall–Kier alpha value is -2.69. The van der Waals surface area contributed by atoms with Crippen molar-refractivity contribution in [2.24, 2.45) is 5.92 Å². The van der Waals surface area contributed by atoms with Crippen molar-refractivity contribution in [2.45, 2.75) is 43.9 Å². The molecule has 2 amide bonds. The molecule has 1 saturated carbocycles. The van der Waals surface area contributed by atoms with E-state index in [1.807, 2.05) is 6.07 Å². The summed E-state index contributed by atoms with van der Waals surface area (Å²) in [6, 6.07) is 16.2. The Morgan fingerprint density at radius 3 is 2.23 bits per heavy atom. The van der Waals surface area contributed by atoms with Crippen molar-refractivity contribution in [3.63, 3.8) is 0 Å². The maximum absolute atomic E-state index is 13.1. The second-order valence-electron chi connectivity index (χ2n) is 8.64. The maximum atomic E-state index is 13.1. The molecule has 1 heterocycles.